The molecule has 180 valence electrons. The maximum absolute atomic E-state index is 14.0. The highest BCUT2D eigenvalue weighted by molar-refractivity contribution is 7.98. The van der Waals surface area contributed by atoms with Gasteiger partial charge in [-0.05, 0) is 60.0 Å². The number of carbonyl (C=O) groups excluding carboxylic acids is 1. The molecule has 0 bridgehead atoms. The summed E-state index contributed by atoms with van der Waals surface area (Å²) in [6, 6.07) is 18.3. The molecule has 0 saturated heterocycles. The number of aromatic nitrogens is 2. The molecule has 0 aliphatic carbocycles. The van der Waals surface area contributed by atoms with Gasteiger partial charge in [-0.2, -0.15) is 0 Å². The van der Waals surface area contributed by atoms with E-state index in [4.69, 9.17) is 9.72 Å². The molecule has 0 saturated carbocycles. The average molecular weight is 492 g/mol. The second-order valence-corrected chi connectivity index (χ2v) is 9.43. The number of hydrogen-bond acceptors (Lipinski definition) is 5. The number of ether oxygens (including phenoxy) is 1. The molecular formula is C27H26FN3O3S. The zero-order valence-electron chi connectivity index (χ0n) is 19.7. The second-order valence-electron chi connectivity index (χ2n) is 8.49. The summed E-state index contributed by atoms with van der Waals surface area (Å²) in [7, 11) is 1.60. The standard InChI is InChI=1S/C27H26FN3O3S/c1-17(2)15-29-25(32)19-10-11-23-24(13-19)30-27(35-16-18-6-4-9-22(12-18)34-3)31(26(23)33)21-8-5-7-20(28)14-21/h4-14,17H,15-16H2,1-3H3,(H,29,32). The van der Waals surface area contributed by atoms with Gasteiger partial charge >= 0.3 is 0 Å². The van der Waals surface area contributed by atoms with Crippen LogP contribution in [0.25, 0.3) is 16.6 Å². The Labute approximate surface area is 207 Å². The number of rotatable bonds is 8. The van der Waals surface area contributed by atoms with E-state index in [0.29, 0.717) is 45.5 Å². The lowest BCUT2D eigenvalue weighted by Gasteiger charge is -2.14. The van der Waals surface area contributed by atoms with Crippen molar-refractivity contribution >= 4 is 28.6 Å². The summed E-state index contributed by atoms with van der Waals surface area (Å²) in [5.41, 5.74) is 1.88. The summed E-state index contributed by atoms with van der Waals surface area (Å²) < 4.78 is 20.7. The third-order valence-corrected chi connectivity index (χ3v) is 6.35. The van der Waals surface area contributed by atoms with E-state index in [9.17, 15) is 14.0 Å². The van der Waals surface area contributed by atoms with Crippen molar-refractivity contribution in [2.45, 2.75) is 24.8 Å². The van der Waals surface area contributed by atoms with Crippen molar-refractivity contribution in [2.24, 2.45) is 5.92 Å². The van der Waals surface area contributed by atoms with E-state index in [1.165, 1.54) is 28.5 Å². The number of nitrogens with zero attached hydrogens (tertiary/aromatic N) is 2. The van der Waals surface area contributed by atoms with E-state index in [1.807, 2.05) is 38.1 Å². The van der Waals surface area contributed by atoms with Gasteiger partial charge in [-0.25, -0.2) is 9.37 Å². The highest BCUT2D eigenvalue weighted by Crippen LogP contribution is 2.26. The van der Waals surface area contributed by atoms with Crippen LogP contribution in [0, 0.1) is 11.7 Å². The molecule has 1 aromatic heterocycles. The molecule has 0 spiro atoms. The summed E-state index contributed by atoms with van der Waals surface area (Å²) >= 11 is 1.35. The molecule has 0 aliphatic rings. The minimum atomic E-state index is -0.449. The van der Waals surface area contributed by atoms with Crippen LogP contribution in [-0.4, -0.2) is 29.1 Å². The van der Waals surface area contributed by atoms with Gasteiger partial charge < -0.3 is 10.1 Å². The van der Waals surface area contributed by atoms with E-state index < -0.39 is 5.82 Å². The van der Waals surface area contributed by atoms with Crippen molar-refractivity contribution in [1.29, 1.82) is 0 Å². The molecule has 0 fully saturated rings. The molecule has 1 heterocycles. The molecule has 0 unspecified atom stereocenters. The molecule has 4 rings (SSSR count). The van der Waals surface area contributed by atoms with Gasteiger partial charge in [0.2, 0.25) is 0 Å². The quantitative estimate of drug-likeness (QED) is 0.271. The van der Waals surface area contributed by atoms with E-state index in [-0.39, 0.29) is 11.5 Å². The van der Waals surface area contributed by atoms with Gasteiger partial charge in [0.25, 0.3) is 11.5 Å². The topological polar surface area (TPSA) is 73.2 Å². The van der Waals surface area contributed by atoms with Crippen LogP contribution in [0.5, 0.6) is 5.75 Å². The van der Waals surface area contributed by atoms with Crippen LogP contribution in [0.2, 0.25) is 0 Å². The number of nitrogens with one attached hydrogen (secondary N) is 1. The van der Waals surface area contributed by atoms with Crippen LogP contribution in [0.4, 0.5) is 4.39 Å². The maximum atomic E-state index is 14.0. The molecule has 1 amide bonds. The van der Waals surface area contributed by atoms with E-state index in [0.717, 1.165) is 11.3 Å². The van der Waals surface area contributed by atoms with Crippen molar-refractivity contribution in [3.05, 3.63) is 94.0 Å². The Morgan fingerprint density at radius 1 is 1.11 bits per heavy atom. The van der Waals surface area contributed by atoms with Crippen molar-refractivity contribution in [1.82, 2.24) is 14.9 Å². The van der Waals surface area contributed by atoms with Gasteiger partial charge in [0, 0.05) is 17.9 Å². The number of thioether (sulfide) groups is 1. The minimum absolute atomic E-state index is 0.220. The number of benzene rings is 3. The Morgan fingerprint density at radius 3 is 2.66 bits per heavy atom. The summed E-state index contributed by atoms with van der Waals surface area (Å²) in [5.74, 6) is 0.890. The SMILES string of the molecule is COc1cccc(CSc2nc3cc(C(=O)NCC(C)C)ccc3c(=O)n2-c2cccc(F)c2)c1. The number of hydrogen-bond donors (Lipinski definition) is 1. The lowest BCUT2D eigenvalue weighted by atomic mass is 10.1. The molecule has 0 radical (unpaired) electrons. The van der Waals surface area contributed by atoms with E-state index in [2.05, 4.69) is 5.32 Å². The highest BCUT2D eigenvalue weighted by atomic mass is 32.2. The zero-order valence-corrected chi connectivity index (χ0v) is 20.6. The molecule has 0 aliphatic heterocycles. The Bertz CT molecular complexity index is 1440. The Kier molecular flexibility index (Phi) is 7.51. The van der Waals surface area contributed by atoms with Gasteiger partial charge in [0.05, 0.1) is 23.7 Å². The van der Waals surface area contributed by atoms with Crippen LogP contribution < -0.4 is 15.6 Å². The minimum Gasteiger partial charge on any atom is -0.497 e. The number of halogens is 1. The van der Waals surface area contributed by atoms with Gasteiger partial charge in [-0.1, -0.05) is 43.8 Å². The normalized spacial score (nSPS) is 11.1. The summed E-state index contributed by atoms with van der Waals surface area (Å²) in [5, 5.41) is 3.63. The third kappa shape index (κ3) is 5.71. The number of carbonyl (C=O) groups is 1. The van der Waals surface area contributed by atoms with Crippen LogP contribution in [0.1, 0.15) is 29.8 Å². The first-order valence-electron chi connectivity index (χ1n) is 11.2. The predicted octanol–water partition coefficient (Wildman–Crippen LogP) is 5.21. The molecule has 3 aromatic carbocycles. The fraction of sp³-hybridized carbons (Fsp3) is 0.222. The fourth-order valence-corrected chi connectivity index (χ4v) is 4.51. The average Bonchev–Trinajstić information content (AvgIpc) is 2.85. The van der Waals surface area contributed by atoms with Gasteiger partial charge in [0.15, 0.2) is 5.16 Å². The predicted molar refractivity (Wildman–Crippen MR) is 137 cm³/mol. The Hall–Kier alpha value is -3.65. The van der Waals surface area contributed by atoms with E-state index >= 15 is 0 Å². The van der Waals surface area contributed by atoms with Crippen LogP contribution >= 0.6 is 11.8 Å². The van der Waals surface area contributed by atoms with Crippen molar-refractivity contribution in [2.75, 3.05) is 13.7 Å². The van der Waals surface area contributed by atoms with Crippen molar-refractivity contribution < 1.29 is 13.9 Å². The number of methoxy groups -OCH3 is 1. The molecule has 1 N–H and O–H groups in total. The monoisotopic (exact) mass is 491 g/mol. The first-order valence-corrected chi connectivity index (χ1v) is 12.2. The molecule has 0 atom stereocenters. The first kappa shape index (κ1) is 24.5. The summed E-state index contributed by atoms with van der Waals surface area (Å²) in [4.78, 5) is 30.8. The molecule has 8 heteroatoms. The number of fused-ring (bicyclic) bond motifs is 1. The molecule has 35 heavy (non-hydrogen) atoms. The summed E-state index contributed by atoms with van der Waals surface area (Å²) in [6.45, 7) is 4.58. The van der Waals surface area contributed by atoms with Gasteiger partial charge in [-0.15, -0.1) is 0 Å². The highest BCUT2D eigenvalue weighted by Gasteiger charge is 2.16. The van der Waals surface area contributed by atoms with Crippen molar-refractivity contribution in [3.63, 3.8) is 0 Å². The maximum Gasteiger partial charge on any atom is 0.266 e. The Morgan fingerprint density at radius 2 is 1.91 bits per heavy atom. The largest absolute Gasteiger partial charge is 0.497 e. The Balaban J connectivity index is 1.79. The van der Waals surface area contributed by atoms with Crippen LogP contribution in [0.15, 0.2) is 76.7 Å². The number of amides is 1. The molecular weight excluding hydrogens is 465 g/mol. The first-order chi connectivity index (χ1) is 16.9. The van der Waals surface area contributed by atoms with Crippen LogP contribution in [-0.2, 0) is 5.75 Å². The van der Waals surface area contributed by atoms with Gasteiger partial charge in [0.1, 0.15) is 11.6 Å². The van der Waals surface area contributed by atoms with Crippen molar-refractivity contribution in [3.8, 4) is 11.4 Å². The van der Waals surface area contributed by atoms with E-state index in [1.54, 1.807) is 37.4 Å². The summed E-state index contributed by atoms with van der Waals surface area (Å²) in [6.07, 6.45) is 0. The fourth-order valence-electron chi connectivity index (χ4n) is 3.56. The van der Waals surface area contributed by atoms with Gasteiger partial charge in [-0.3, -0.25) is 14.2 Å². The third-order valence-electron chi connectivity index (χ3n) is 5.34. The second kappa shape index (κ2) is 10.7. The smallest absolute Gasteiger partial charge is 0.266 e. The molecule has 6 nitrogen and oxygen atoms in total. The van der Waals surface area contributed by atoms with Crippen LogP contribution in [0.3, 0.4) is 0 Å². The lowest BCUT2D eigenvalue weighted by Crippen LogP contribution is -2.27. The molecule has 4 aromatic rings. The zero-order chi connectivity index (χ0) is 24.9. The lowest BCUT2D eigenvalue weighted by molar-refractivity contribution is 0.0949.